The van der Waals surface area contributed by atoms with E-state index >= 15 is 0 Å². The van der Waals surface area contributed by atoms with Crippen molar-refractivity contribution in [1.29, 1.82) is 0 Å². The molecule has 0 aromatic carbocycles. The first-order chi connectivity index (χ1) is 8.43. The summed E-state index contributed by atoms with van der Waals surface area (Å²) >= 11 is 0. The van der Waals surface area contributed by atoms with E-state index < -0.39 is 5.97 Å². The van der Waals surface area contributed by atoms with E-state index in [0.717, 1.165) is 19.3 Å². The van der Waals surface area contributed by atoms with E-state index in [0.29, 0.717) is 18.4 Å². The first-order valence-electron chi connectivity index (χ1n) is 7.37. The average Bonchev–Trinajstić information content (AvgIpc) is 2.36. The molecule has 1 fully saturated rings. The van der Waals surface area contributed by atoms with Crippen molar-refractivity contribution in [3.63, 3.8) is 0 Å². The van der Waals surface area contributed by atoms with E-state index in [9.17, 15) is 9.90 Å². The maximum absolute atomic E-state index is 11.2. The van der Waals surface area contributed by atoms with Crippen molar-refractivity contribution in [2.45, 2.75) is 77.3 Å². The largest absolute Gasteiger partial charge is 0.481 e. The van der Waals surface area contributed by atoms with Crippen LogP contribution in [0.5, 0.6) is 0 Å². The molecule has 0 saturated heterocycles. The molecule has 1 saturated carbocycles. The Morgan fingerprint density at radius 3 is 2.28 bits per heavy atom. The van der Waals surface area contributed by atoms with Crippen molar-refractivity contribution < 1.29 is 9.90 Å². The highest BCUT2D eigenvalue weighted by Gasteiger charge is 2.40. The minimum atomic E-state index is -0.653. The Bertz CT molecular complexity index is 272. The third kappa shape index (κ3) is 3.47. The van der Waals surface area contributed by atoms with E-state index in [-0.39, 0.29) is 5.54 Å². The monoisotopic (exact) mass is 255 g/mol. The smallest absolute Gasteiger partial charge is 0.305 e. The van der Waals surface area contributed by atoms with Gasteiger partial charge >= 0.3 is 5.97 Å². The topological polar surface area (TPSA) is 40.5 Å². The second-order valence-electron chi connectivity index (χ2n) is 6.09. The van der Waals surface area contributed by atoms with Crippen LogP contribution in [0.3, 0.4) is 0 Å². The van der Waals surface area contributed by atoms with Gasteiger partial charge in [0.05, 0.1) is 6.42 Å². The van der Waals surface area contributed by atoms with Gasteiger partial charge in [-0.3, -0.25) is 9.69 Å². The number of carboxylic acid groups (broad SMARTS) is 1. The summed E-state index contributed by atoms with van der Waals surface area (Å²) < 4.78 is 0. The summed E-state index contributed by atoms with van der Waals surface area (Å²) in [5.41, 5.74) is -0.104. The molecule has 0 heterocycles. The fourth-order valence-corrected chi connectivity index (χ4v) is 3.30. The van der Waals surface area contributed by atoms with Crippen molar-refractivity contribution in [3.05, 3.63) is 0 Å². The molecule has 2 atom stereocenters. The molecule has 1 rings (SSSR count). The molecular weight excluding hydrogens is 226 g/mol. The standard InChI is InChI=1S/C15H29NO2/c1-5-12(2)13(3)16(4)15(11-14(17)18)9-7-6-8-10-15/h12-13H,5-11H2,1-4H3,(H,17,18). The summed E-state index contributed by atoms with van der Waals surface area (Å²) in [5, 5.41) is 9.23. The highest BCUT2D eigenvalue weighted by molar-refractivity contribution is 5.68. The van der Waals surface area contributed by atoms with E-state index in [4.69, 9.17) is 0 Å². The predicted octanol–water partition coefficient (Wildman–Crippen LogP) is 3.53. The van der Waals surface area contributed by atoms with Crippen molar-refractivity contribution >= 4 is 5.97 Å². The van der Waals surface area contributed by atoms with E-state index in [2.05, 4.69) is 32.7 Å². The van der Waals surface area contributed by atoms with Gasteiger partial charge in [-0.1, -0.05) is 39.5 Å². The maximum atomic E-state index is 11.2. The lowest BCUT2D eigenvalue weighted by atomic mass is 9.76. The number of hydrogen-bond donors (Lipinski definition) is 1. The van der Waals surface area contributed by atoms with Crippen LogP contribution in [-0.4, -0.2) is 34.6 Å². The Morgan fingerprint density at radius 1 is 1.28 bits per heavy atom. The van der Waals surface area contributed by atoms with Crippen LogP contribution in [0.2, 0.25) is 0 Å². The highest BCUT2D eigenvalue weighted by atomic mass is 16.4. The molecule has 0 aliphatic heterocycles. The average molecular weight is 255 g/mol. The third-order valence-electron chi connectivity index (χ3n) is 5.09. The summed E-state index contributed by atoms with van der Waals surface area (Å²) in [5.74, 6) is -0.0392. The molecule has 1 N–H and O–H groups in total. The van der Waals surface area contributed by atoms with Crippen molar-refractivity contribution in [3.8, 4) is 0 Å². The number of carbonyl (C=O) groups is 1. The summed E-state index contributed by atoms with van der Waals surface area (Å²) in [4.78, 5) is 13.6. The van der Waals surface area contributed by atoms with Crippen LogP contribution in [-0.2, 0) is 4.79 Å². The molecule has 3 heteroatoms. The van der Waals surface area contributed by atoms with Gasteiger partial charge in [0.15, 0.2) is 0 Å². The Hall–Kier alpha value is -0.570. The molecule has 2 unspecified atom stereocenters. The second kappa shape index (κ2) is 6.55. The van der Waals surface area contributed by atoms with Gasteiger partial charge < -0.3 is 5.11 Å². The summed E-state index contributed by atoms with van der Waals surface area (Å²) in [6.07, 6.45) is 7.12. The van der Waals surface area contributed by atoms with E-state index in [1.54, 1.807) is 0 Å². The first kappa shape index (κ1) is 15.5. The zero-order chi connectivity index (χ0) is 13.8. The fraction of sp³-hybridized carbons (Fsp3) is 0.933. The summed E-state index contributed by atoms with van der Waals surface area (Å²) in [6.45, 7) is 6.71. The maximum Gasteiger partial charge on any atom is 0.305 e. The number of rotatable bonds is 6. The Kier molecular flexibility index (Phi) is 5.64. The molecule has 0 radical (unpaired) electrons. The third-order valence-corrected chi connectivity index (χ3v) is 5.09. The van der Waals surface area contributed by atoms with Crippen LogP contribution in [0.4, 0.5) is 0 Å². The van der Waals surface area contributed by atoms with Gasteiger partial charge in [-0.15, -0.1) is 0 Å². The van der Waals surface area contributed by atoms with Crippen LogP contribution in [0.25, 0.3) is 0 Å². The van der Waals surface area contributed by atoms with Crippen molar-refractivity contribution in [1.82, 2.24) is 4.90 Å². The number of carboxylic acids is 1. The number of nitrogens with zero attached hydrogens (tertiary/aromatic N) is 1. The molecule has 1 aliphatic carbocycles. The first-order valence-corrected chi connectivity index (χ1v) is 7.37. The van der Waals surface area contributed by atoms with Gasteiger partial charge in [0, 0.05) is 11.6 Å². The van der Waals surface area contributed by atoms with Gasteiger partial charge in [0.25, 0.3) is 0 Å². The fourth-order valence-electron chi connectivity index (χ4n) is 3.30. The zero-order valence-corrected chi connectivity index (χ0v) is 12.4. The molecule has 0 aromatic heterocycles. The second-order valence-corrected chi connectivity index (χ2v) is 6.09. The molecule has 3 nitrogen and oxygen atoms in total. The minimum absolute atomic E-state index is 0.104. The molecule has 0 aromatic rings. The van der Waals surface area contributed by atoms with Crippen LogP contribution in [0.15, 0.2) is 0 Å². The van der Waals surface area contributed by atoms with Gasteiger partial charge in [-0.05, 0) is 32.7 Å². The van der Waals surface area contributed by atoms with Crippen LogP contribution in [0.1, 0.15) is 65.7 Å². The zero-order valence-electron chi connectivity index (χ0n) is 12.4. The Labute approximate surface area is 112 Å². The Balaban J connectivity index is 2.84. The van der Waals surface area contributed by atoms with Gasteiger partial charge in [-0.25, -0.2) is 0 Å². The lowest BCUT2D eigenvalue weighted by Crippen LogP contribution is -2.54. The lowest BCUT2D eigenvalue weighted by Gasteiger charge is -2.48. The molecule has 1 aliphatic rings. The van der Waals surface area contributed by atoms with Gasteiger partial charge in [-0.2, -0.15) is 0 Å². The van der Waals surface area contributed by atoms with Gasteiger partial charge in [0.1, 0.15) is 0 Å². The van der Waals surface area contributed by atoms with Crippen LogP contribution in [0, 0.1) is 5.92 Å². The number of aliphatic carboxylic acids is 1. The van der Waals surface area contributed by atoms with Crippen molar-refractivity contribution in [2.24, 2.45) is 5.92 Å². The summed E-state index contributed by atoms with van der Waals surface area (Å²) in [7, 11) is 2.13. The SMILES string of the molecule is CCC(C)C(C)N(C)C1(CC(=O)O)CCCCC1. The molecule has 0 bridgehead atoms. The van der Waals surface area contributed by atoms with Crippen LogP contribution < -0.4 is 0 Å². The molecule has 106 valence electrons. The quantitative estimate of drug-likeness (QED) is 0.789. The van der Waals surface area contributed by atoms with E-state index in [1.807, 2.05) is 0 Å². The molecule has 0 spiro atoms. The highest BCUT2D eigenvalue weighted by Crippen LogP contribution is 2.38. The molecule has 18 heavy (non-hydrogen) atoms. The molecule has 0 amide bonds. The molecular formula is C15H29NO2. The van der Waals surface area contributed by atoms with Crippen LogP contribution >= 0.6 is 0 Å². The lowest BCUT2D eigenvalue weighted by molar-refractivity contribution is -0.141. The minimum Gasteiger partial charge on any atom is -0.481 e. The number of hydrogen-bond acceptors (Lipinski definition) is 2. The Morgan fingerprint density at radius 2 is 1.83 bits per heavy atom. The van der Waals surface area contributed by atoms with Gasteiger partial charge in [0.2, 0.25) is 0 Å². The normalized spacial score (nSPS) is 22.7. The van der Waals surface area contributed by atoms with E-state index in [1.165, 1.54) is 19.3 Å². The summed E-state index contributed by atoms with van der Waals surface area (Å²) in [6, 6.07) is 0.451. The predicted molar refractivity (Wildman–Crippen MR) is 74.7 cm³/mol. The van der Waals surface area contributed by atoms with Crippen molar-refractivity contribution in [2.75, 3.05) is 7.05 Å².